The van der Waals surface area contributed by atoms with E-state index in [0.29, 0.717) is 28.5 Å². The van der Waals surface area contributed by atoms with Crippen LogP contribution in [0.15, 0.2) is 60.1 Å². The minimum Gasteiger partial charge on any atom is -0.495 e. The Bertz CT molecular complexity index is 1770. The number of carboxylic acids is 1. The summed E-state index contributed by atoms with van der Waals surface area (Å²) in [5.74, 6) is 5.67. The number of nitrogens with zero attached hydrogens (tertiary/aromatic N) is 2. The molecule has 0 aliphatic carbocycles. The molecule has 8 nitrogen and oxygen atoms in total. The lowest BCUT2D eigenvalue weighted by atomic mass is 10.0. The molecule has 0 bridgehead atoms. The number of ether oxygens (including phenoxy) is 1. The van der Waals surface area contributed by atoms with Crippen molar-refractivity contribution >= 4 is 55.7 Å². The summed E-state index contributed by atoms with van der Waals surface area (Å²) in [6.07, 6.45) is 1.85. The molecule has 5 aromatic rings. The van der Waals surface area contributed by atoms with Gasteiger partial charge in [0.05, 0.1) is 29.5 Å². The standard InChI is InChI=1S/C29H24N4O4S/c1-33-22-9-5-3-7-18(22)13-23(33)29(36)32-21-12-11-17(14-24(21)37-2)20-16-38-27-19(8-4-6-10-25(34)35)15-31-28(30)26(20)27/h3,5,7,9,11-16H,6,10H2,1-2H3,(H2,30,31)(H,32,36)(H,34,35). The third-order valence-electron chi connectivity index (χ3n) is 6.26. The number of nitrogens with two attached hydrogens (primary N) is 1. The number of thiophene rings is 1. The van der Waals surface area contributed by atoms with E-state index in [4.69, 9.17) is 15.6 Å². The fraction of sp³-hybridized carbons (Fsp3) is 0.138. The molecule has 5 rings (SSSR count). The minimum atomic E-state index is -0.885. The predicted octanol–water partition coefficient (Wildman–Crippen LogP) is 5.51. The number of aromatic nitrogens is 2. The second kappa shape index (κ2) is 10.3. The number of methoxy groups -OCH3 is 1. The molecule has 3 aromatic heterocycles. The average Bonchev–Trinajstić information content (AvgIpc) is 3.51. The molecule has 1 amide bonds. The van der Waals surface area contributed by atoms with E-state index >= 15 is 0 Å². The fourth-order valence-electron chi connectivity index (χ4n) is 4.35. The van der Waals surface area contributed by atoms with Crippen molar-refractivity contribution in [2.24, 2.45) is 7.05 Å². The van der Waals surface area contributed by atoms with E-state index in [1.165, 1.54) is 11.3 Å². The molecule has 0 fully saturated rings. The van der Waals surface area contributed by atoms with Crippen LogP contribution in [0.2, 0.25) is 0 Å². The van der Waals surface area contributed by atoms with Crippen molar-refractivity contribution in [3.8, 4) is 28.7 Å². The van der Waals surface area contributed by atoms with Gasteiger partial charge in [-0.2, -0.15) is 0 Å². The highest BCUT2D eigenvalue weighted by molar-refractivity contribution is 7.18. The van der Waals surface area contributed by atoms with Crippen molar-refractivity contribution in [2.45, 2.75) is 12.8 Å². The molecule has 190 valence electrons. The summed E-state index contributed by atoms with van der Waals surface area (Å²) in [5.41, 5.74) is 10.7. The van der Waals surface area contributed by atoms with Crippen LogP contribution in [0.1, 0.15) is 28.9 Å². The number of fused-ring (bicyclic) bond motifs is 2. The van der Waals surface area contributed by atoms with Gasteiger partial charge in [0.25, 0.3) is 5.91 Å². The number of nitrogen functional groups attached to an aromatic ring is 1. The number of aliphatic carboxylic acids is 1. The lowest BCUT2D eigenvalue weighted by molar-refractivity contribution is -0.136. The Balaban J connectivity index is 1.46. The molecule has 0 spiro atoms. The number of aryl methyl sites for hydroxylation is 1. The number of pyridine rings is 1. The van der Waals surface area contributed by atoms with Crippen LogP contribution in [0, 0.1) is 11.8 Å². The number of hydrogen-bond acceptors (Lipinski definition) is 6. The van der Waals surface area contributed by atoms with E-state index in [1.807, 2.05) is 59.5 Å². The molecule has 0 saturated heterocycles. The van der Waals surface area contributed by atoms with Crippen LogP contribution in [-0.2, 0) is 11.8 Å². The van der Waals surface area contributed by atoms with Gasteiger partial charge in [-0.3, -0.25) is 9.59 Å². The van der Waals surface area contributed by atoms with Gasteiger partial charge in [-0.05, 0) is 35.2 Å². The predicted molar refractivity (Wildman–Crippen MR) is 151 cm³/mol. The summed E-state index contributed by atoms with van der Waals surface area (Å²) in [7, 11) is 3.42. The van der Waals surface area contributed by atoms with Gasteiger partial charge in [-0.25, -0.2) is 4.98 Å². The first kappa shape index (κ1) is 24.9. The molecule has 4 N–H and O–H groups in total. The second-order valence-electron chi connectivity index (χ2n) is 8.62. The number of nitrogens with one attached hydrogen (secondary N) is 1. The van der Waals surface area contributed by atoms with Gasteiger partial charge in [0.2, 0.25) is 0 Å². The Labute approximate surface area is 222 Å². The molecule has 38 heavy (non-hydrogen) atoms. The topological polar surface area (TPSA) is 119 Å². The van der Waals surface area contributed by atoms with Crippen LogP contribution in [0.5, 0.6) is 5.75 Å². The lowest BCUT2D eigenvalue weighted by Crippen LogP contribution is -2.16. The smallest absolute Gasteiger partial charge is 0.304 e. The van der Waals surface area contributed by atoms with Crippen LogP contribution in [0.25, 0.3) is 32.1 Å². The molecule has 2 aromatic carbocycles. The zero-order chi connectivity index (χ0) is 26.8. The Kier molecular flexibility index (Phi) is 6.73. The highest BCUT2D eigenvalue weighted by Crippen LogP contribution is 2.40. The summed E-state index contributed by atoms with van der Waals surface area (Å²) in [5, 5.41) is 15.5. The van der Waals surface area contributed by atoms with E-state index < -0.39 is 5.97 Å². The van der Waals surface area contributed by atoms with Gasteiger partial charge in [0.15, 0.2) is 0 Å². The maximum Gasteiger partial charge on any atom is 0.304 e. The third-order valence-corrected chi connectivity index (χ3v) is 7.27. The highest BCUT2D eigenvalue weighted by Gasteiger charge is 2.18. The number of anilines is 2. The molecule has 9 heteroatoms. The number of carbonyl (C=O) groups is 2. The largest absolute Gasteiger partial charge is 0.495 e. The number of carboxylic acid groups (broad SMARTS) is 1. The maximum absolute atomic E-state index is 13.1. The average molecular weight is 525 g/mol. The first-order valence-corrected chi connectivity index (χ1v) is 12.7. The van der Waals surface area contributed by atoms with Crippen molar-refractivity contribution in [3.05, 3.63) is 71.4 Å². The van der Waals surface area contributed by atoms with Gasteiger partial charge in [-0.1, -0.05) is 36.1 Å². The van der Waals surface area contributed by atoms with Gasteiger partial charge in [-0.15, -0.1) is 11.3 Å². The zero-order valence-electron chi connectivity index (χ0n) is 20.7. The fourth-order valence-corrected chi connectivity index (χ4v) is 5.40. The number of amides is 1. The Morgan fingerprint density at radius 1 is 1.21 bits per heavy atom. The molecule has 0 atom stereocenters. The van der Waals surface area contributed by atoms with Gasteiger partial charge < -0.3 is 25.5 Å². The number of carbonyl (C=O) groups excluding carboxylic acids is 1. The van der Waals surface area contributed by atoms with Crippen molar-refractivity contribution in [2.75, 3.05) is 18.2 Å². The van der Waals surface area contributed by atoms with Crippen LogP contribution in [0.3, 0.4) is 0 Å². The van der Waals surface area contributed by atoms with E-state index in [2.05, 4.69) is 22.1 Å². The van der Waals surface area contributed by atoms with Gasteiger partial charge >= 0.3 is 5.97 Å². The summed E-state index contributed by atoms with van der Waals surface area (Å²) in [6.45, 7) is 0. The molecule has 0 aliphatic rings. The Morgan fingerprint density at radius 3 is 2.79 bits per heavy atom. The number of rotatable bonds is 6. The first-order chi connectivity index (χ1) is 18.4. The zero-order valence-corrected chi connectivity index (χ0v) is 21.6. The maximum atomic E-state index is 13.1. The van der Waals surface area contributed by atoms with Crippen LogP contribution >= 0.6 is 11.3 Å². The van der Waals surface area contributed by atoms with E-state index in [9.17, 15) is 9.59 Å². The Morgan fingerprint density at radius 2 is 2.03 bits per heavy atom. The SMILES string of the molecule is COc1cc(-c2csc3c(C#CCCC(=O)O)cnc(N)c23)ccc1NC(=O)c1cc2ccccc2n1C. The number of benzene rings is 2. The monoisotopic (exact) mass is 524 g/mol. The molecule has 0 radical (unpaired) electrons. The van der Waals surface area contributed by atoms with Crippen molar-refractivity contribution in [3.63, 3.8) is 0 Å². The van der Waals surface area contributed by atoms with Crippen LogP contribution in [-0.4, -0.2) is 33.6 Å². The summed E-state index contributed by atoms with van der Waals surface area (Å²) in [4.78, 5) is 28.2. The van der Waals surface area contributed by atoms with E-state index in [-0.39, 0.29) is 18.7 Å². The summed E-state index contributed by atoms with van der Waals surface area (Å²) in [6, 6.07) is 15.2. The third kappa shape index (κ3) is 4.65. The van der Waals surface area contributed by atoms with Crippen molar-refractivity contribution < 1.29 is 19.4 Å². The van der Waals surface area contributed by atoms with E-state index in [1.54, 1.807) is 19.4 Å². The van der Waals surface area contributed by atoms with Crippen LogP contribution < -0.4 is 15.8 Å². The number of para-hydroxylation sites is 1. The normalized spacial score (nSPS) is 10.8. The minimum absolute atomic E-state index is 0.0164. The second-order valence-corrected chi connectivity index (χ2v) is 9.50. The van der Waals surface area contributed by atoms with Gasteiger partial charge in [0, 0.05) is 41.5 Å². The molecular formula is C29H24N4O4S. The number of hydrogen-bond donors (Lipinski definition) is 3. The lowest BCUT2D eigenvalue weighted by Gasteiger charge is -2.13. The van der Waals surface area contributed by atoms with Crippen molar-refractivity contribution in [1.29, 1.82) is 0 Å². The quantitative estimate of drug-likeness (QED) is 0.252. The highest BCUT2D eigenvalue weighted by atomic mass is 32.1. The summed E-state index contributed by atoms with van der Waals surface area (Å²) < 4.78 is 8.36. The molecular weight excluding hydrogens is 500 g/mol. The molecule has 3 heterocycles. The Hall–Kier alpha value is -4.81. The van der Waals surface area contributed by atoms with Gasteiger partial charge in [0.1, 0.15) is 17.3 Å². The first-order valence-electron chi connectivity index (χ1n) is 11.8. The van der Waals surface area contributed by atoms with Crippen molar-refractivity contribution in [1.82, 2.24) is 9.55 Å². The molecule has 0 aliphatic heterocycles. The van der Waals surface area contributed by atoms with Crippen LogP contribution in [0.4, 0.5) is 11.5 Å². The van der Waals surface area contributed by atoms with E-state index in [0.717, 1.165) is 32.1 Å². The molecule has 0 unspecified atom stereocenters. The molecule has 0 saturated carbocycles. The summed E-state index contributed by atoms with van der Waals surface area (Å²) >= 11 is 1.49.